The number of benzene rings is 2. The molecule has 1 saturated heterocycles. The van der Waals surface area contributed by atoms with Gasteiger partial charge in [0.15, 0.2) is 12.4 Å². The van der Waals surface area contributed by atoms with Crippen molar-refractivity contribution >= 4 is 17.8 Å². The first-order chi connectivity index (χ1) is 13.0. The normalized spacial score (nSPS) is 18.8. The zero-order chi connectivity index (χ0) is 19.2. The van der Waals surface area contributed by atoms with Gasteiger partial charge in [-0.25, -0.2) is 9.59 Å². The van der Waals surface area contributed by atoms with Gasteiger partial charge in [-0.15, -0.1) is 0 Å². The van der Waals surface area contributed by atoms with Crippen molar-refractivity contribution in [2.24, 2.45) is 0 Å². The van der Waals surface area contributed by atoms with Crippen LogP contribution < -0.4 is 4.74 Å². The van der Waals surface area contributed by atoms with Crippen molar-refractivity contribution in [3.05, 3.63) is 66.2 Å². The molecule has 2 atom stereocenters. The highest BCUT2D eigenvalue weighted by atomic mass is 16.6. The van der Waals surface area contributed by atoms with Crippen LogP contribution in [0.4, 0.5) is 4.79 Å². The molecule has 140 valence electrons. The summed E-state index contributed by atoms with van der Waals surface area (Å²) in [6.45, 7) is -0.477. The molecule has 1 aliphatic rings. The average molecular weight is 369 g/mol. The largest absolute Gasteiger partial charge is 0.456 e. The molecule has 7 nitrogen and oxygen atoms in total. The first-order valence-electron chi connectivity index (χ1n) is 8.51. The molecule has 7 heteroatoms. The van der Waals surface area contributed by atoms with Crippen LogP contribution in [-0.4, -0.2) is 53.1 Å². The number of hydrogen-bond donors (Lipinski definition) is 1. The molecular formula is C20H19NO6. The molecule has 1 aliphatic heterocycles. The van der Waals surface area contributed by atoms with E-state index < -0.39 is 30.8 Å². The van der Waals surface area contributed by atoms with E-state index in [1.165, 1.54) is 0 Å². The number of carbonyl (C=O) groups is 3. The summed E-state index contributed by atoms with van der Waals surface area (Å²) >= 11 is 0. The average Bonchev–Trinajstić information content (AvgIpc) is 3.09. The molecule has 0 saturated carbocycles. The van der Waals surface area contributed by atoms with Gasteiger partial charge in [-0.2, -0.15) is 0 Å². The van der Waals surface area contributed by atoms with Gasteiger partial charge >= 0.3 is 12.1 Å². The molecule has 1 heterocycles. The first-order valence-corrected chi connectivity index (χ1v) is 8.51. The minimum atomic E-state index is -1.00. The molecule has 0 spiro atoms. The van der Waals surface area contributed by atoms with E-state index in [0.29, 0.717) is 11.3 Å². The van der Waals surface area contributed by atoms with E-state index in [-0.39, 0.29) is 18.7 Å². The number of ketones is 1. The van der Waals surface area contributed by atoms with Gasteiger partial charge in [-0.05, 0) is 12.1 Å². The third-order valence-corrected chi connectivity index (χ3v) is 4.18. The van der Waals surface area contributed by atoms with Crippen molar-refractivity contribution in [2.45, 2.75) is 18.6 Å². The Kier molecular flexibility index (Phi) is 5.83. The van der Waals surface area contributed by atoms with Gasteiger partial charge in [0, 0.05) is 12.0 Å². The minimum Gasteiger partial charge on any atom is -0.456 e. The summed E-state index contributed by atoms with van der Waals surface area (Å²) in [5, 5.41) is 9.87. The van der Waals surface area contributed by atoms with Crippen molar-refractivity contribution in [1.29, 1.82) is 0 Å². The van der Waals surface area contributed by atoms with Crippen LogP contribution in [0.1, 0.15) is 16.8 Å². The molecular weight excluding hydrogens is 350 g/mol. The lowest BCUT2D eigenvalue weighted by molar-refractivity contribution is -0.147. The van der Waals surface area contributed by atoms with Gasteiger partial charge < -0.3 is 14.6 Å². The van der Waals surface area contributed by atoms with Crippen molar-refractivity contribution in [2.75, 3.05) is 13.2 Å². The Bertz CT molecular complexity index is 808. The Balaban J connectivity index is 1.60. The van der Waals surface area contributed by atoms with E-state index in [1.54, 1.807) is 60.7 Å². The minimum absolute atomic E-state index is 0.0300. The number of nitrogens with zero attached hydrogens (tertiary/aromatic N) is 1. The van der Waals surface area contributed by atoms with Gasteiger partial charge in [-0.1, -0.05) is 48.5 Å². The Labute approximate surface area is 156 Å². The molecule has 0 aromatic heterocycles. The fraction of sp³-hybridized carbons (Fsp3) is 0.250. The summed E-state index contributed by atoms with van der Waals surface area (Å²) in [4.78, 5) is 37.9. The number of ether oxygens (including phenoxy) is 2. The quantitative estimate of drug-likeness (QED) is 0.640. The predicted molar refractivity (Wildman–Crippen MR) is 95.3 cm³/mol. The summed E-state index contributed by atoms with van der Waals surface area (Å²) in [5.41, 5.74) is 0.428. The fourth-order valence-corrected chi connectivity index (χ4v) is 2.83. The number of carbonyl (C=O) groups excluding carboxylic acids is 3. The Hall–Kier alpha value is -3.19. The molecule has 0 bridgehead atoms. The number of amides is 1. The van der Waals surface area contributed by atoms with E-state index in [4.69, 9.17) is 9.47 Å². The van der Waals surface area contributed by atoms with Crippen LogP contribution in [0.3, 0.4) is 0 Å². The van der Waals surface area contributed by atoms with Crippen LogP contribution in [0.25, 0.3) is 0 Å². The lowest BCUT2D eigenvalue weighted by Crippen LogP contribution is -2.43. The molecule has 0 aliphatic carbocycles. The van der Waals surface area contributed by atoms with Crippen LogP contribution in [0.5, 0.6) is 5.75 Å². The van der Waals surface area contributed by atoms with Crippen molar-refractivity contribution in [3.63, 3.8) is 0 Å². The summed E-state index contributed by atoms with van der Waals surface area (Å²) in [6, 6.07) is 15.9. The van der Waals surface area contributed by atoms with Crippen molar-refractivity contribution < 1.29 is 29.0 Å². The molecule has 27 heavy (non-hydrogen) atoms. The number of rotatable bonds is 5. The fourth-order valence-electron chi connectivity index (χ4n) is 2.83. The lowest BCUT2D eigenvalue weighted by Gasteiger charge is -2.22. The van der Waals surface area contributed by atoms with Crippen LogP contribution in [0.2, 0.25) is 0 Å². The first kappa shape index (κ1) is 18.6. The second-order valence-corrected chi connectivity index (χ2v) is 6.14. The highest BCUT2D eigenvalue weighted by Crippen LogP contribution is 2.21. The van der Waals surface area contributed by atoms with Gasteiger partial charge in [0.05, 0.1) is 12.6 Å². The molecule has 2 aromatic carbocycles. The van der Waals surface area contributed by atoms with Crippen LogP contribution >= 0.6 is 0 Å². The van der Waals surface area contributed by atoms with Gasteiger partial charge in [-0.3, -0.25) is 9.69 Å². The van der Waals surface area contributed by atoms with Gasteiger partial charge in [0.25, 0.3) is 0 Å². The third-order valence-electron chi connectivity index (χ3n) is 4.18. The zero-order valence-corrected chi connectivity index (χ0v) is 14.5. The summed E-state index contributed by atoms with van der Waals surface area (Å²) in [5.74, 6) is -0.767. The van der Waals surface area contributed by atoms with Gasteiger partial charge in [0.2, 0.25) is 0 Å². The molecule has 1 fully saturated rings. The van der Waals surface area contributed by atoms with E-state index >= 15 is 0 Å². The maximum atomic E-state index is 12.4. The standard InChI is InChI=1S/C20H19NO6/c22-15-11-17(19(24)26-13-18(23)14-7-3-1-4-8-14)21(12-15)20(25)27-16-9-5-2-6-10-16/h1-10,15,17,22H,11-13H2/t15-,17-/m0/s1. The molecule has 1 amide bonds. The Morgan fingerprint density at radius 2 is 1.63 bits per heavy atom. The number of aliphatic hydroxyl groups is 1. The highest BCUT2D eigenvalue weighted by molar-refractivity contribution is 5.98. The number of Topliss-reactive ketones (excluding diaryl/α,β-unsaturated/α-hetero) is 1. The number of esters is 1. The monoisotopic (exact) mass is 369 g/mol. The highest BCUT2D eigenvalue weighted by Gasteiger charge is 2.41. The van der Waals surface area contributed by atoms with E-state index in [9.17, 15) is 19.5 Å². The Morgan fingerprint density at radius 3 is 2.30 bits per heavy atom. The second kappa shape index (κ2) is 8.46. The maximum absolute atomic E-state index is 12.4. The van der Waals surface area contributed by atoms with Crippen LogP contribution in [-0.2, 0) is 9.53 Å². The number of β-amino-alcohol motifs (C(OH)–C–C–N with tert-alkyl or cyclic N) is 1. The summed E-state index contributed by atoms with van der Waals surface area (Å²) in [6.07, 6.45) is -1.59. The van der Waals surface area contributed by atoms with Crippen molar-refractivity contribution in [3.8, 4) is 5.75 Å². The smallest absolute Gasteiger partial charge is 0.416 e. The second-order valence-electron chi connectivity index (χ2n) is 6.14. The maximum Gasteiger partial charge on any atom is 0.416 e. The molecule has 0 radical (unpaired) electrons. The van der Waals surface area contributed by atoms with E-state index in [2.05, 4.69) is 0 Å². The van der Waals surface area contributed by atoms with Crippen LogP contribution in [0, 0.1) is 0 Å². The molecule has 2 aromatic rings. The molecule has 0 unspecified atom stereocenters. The van der Waals surface area contributed by atoms with E-state index in [1.807, 2.05) is 0 Å². The Morgan fingerprint density at radius 1 is 1.00 bits per heavy atom. The summed E-state index contributed by atoms with van der Waals surface area (Å²) < 4.78 is 10.3. The lowest BCUT2D eigenvalue weighted by atomic mass is 10.1. The number of aliphatic hydroxyl groups excluding tert-OH is 1. The number of para-hydroxylation sites is 1. The SMILES string of the molecule is O=C(COC(=O)[C@@H]1C[C@H](O)CN1C(=O)Oc1ccccc1)c1ccccc1. The number of hydrogen-bond acceptors (Lipinski definition) is 6. The molecule has 3 rings (SSSR count). The van der Waals surface area contributed by atoms with Gasteiger partial charge in [0.1, 0.15) is 11.8 Å². The molecule has 1 N–H and O–H groups in total. The van der Waals surface area contributed by atoms with Crippen LogP contribution in [0.15, 0.2) is 60.7 Å². The topological polar surface area (TPSA) is 93.1 Å². The summed E-state index contributed by atoms with van der Waals surface area (Å²) in [7, 11) is 0. The number of likely N-dealkylation sites (tertiary alicyclic amines) is 1. The predicted octanol–water partition coefficient (Wildman–Crippen LogP) is 2.05. The van der Waals surface area contributed by atoms with E-state index in [0.717, 1.165) is 4.90 Å². The third kappa shape index (κ3) is 4.71. The van der Waals surface area contributed by atoms with Crippen molar-refractivity contribution in [1.82, 2.24) is 4.90 Å². The zero-order valence-electron chi connectivity index (χ0n) is 14.5.